The van der Waals surface area contributed by atoms with Crippen molar-refractivity contribution in [3.63, 3.8) is 0 Å². The molecule has 1 amide bonds. The first-order valence-corrected chi connectivity index (χ1v) is 12.9. The lowest BCUT2D eigenvalue weighted by Gasteiger charge is -2.15. The van der Waals surface area contributed by atoms with E-state index in [-0.39, 0.29) is 41.0 Å². The van der Waals surface area contributed by atoms with Gasteiger partial charge in [0.25, 0.3) is 5.56 Å². The summed E-state index contributed by atoms with van der Waals surface area (Å²) >= 11 is 1.00. The molecule has 1 fully saturated rings. The average molecular weight is 549 g/mol. The molecule has 1 saturated heterocycles. The Hall–Kier alpha value is -3.54. The maximum Gasteiger partial charge on any atom is 0.433 e. The first-order valence-electron chi connectivity index (χ1n) is 12.0. The number of hydrogen-bond donors (Lipinski definition) is 0. The van der Waals surface area contributed by atoms with Crippen molar-refractivity contribution in [2.24, 2.45) is 0 Å². The van der Waals surface area contributed by atoms with Gasteiger partial charge < -0.3 is 18.9 Å². The quantitative estimate of drug-likeness (QED) is 0.288. The molecular formula is C26H27F3N4O4S. The van der Waals surface area contributed by atoms with Gasteiger partial charge in [-0.05, 0) is 42.7 Å². The minimum absolute atomic E-state index is 0.0237. The van der Waals surface area contributed by atoms with Crippen LogP contribution in [-0.2, 0) is 17.5 Å². The van der Waals surface area contributed by atoms with Crippen LogP contribution in [0.2, 0.25) is 0 Å². The van der Waals surface area contributed by atoms with Gasteiger partial charge in [-0.3, -0.25) is 9.59 Å². The average Bonchev–Trinajstić information content (AvgIpc) is 3.44. The minimum atomic E-state index is -4.69. The van der Waals surface area contributed by atoms with E-state index < -0.39 is 11.9 Å². The number of methoxy groups -OCH3 is 2. The molecule has 2 aromatic heterocycles. The number of pyridine rings is 1. The van der Waals surface area contributed by atoms with Gasteiger partial charge in [-0.2, -0.15) is 13.2 Å². The van der Waals surface area contributed by atoms with Gasteiger partial charge >= 0.3 is 6.18 Å². The second kappa shape index (κ2) is 11.9. The molecule has 0 aliphatic carbocycles. The number of alkyl halides is 3. The Labute approximate surface area is 221 Å². The number of carbonyl (C=O) groups is 1. The first kappa shape index (κ1) is 27.5. The smallest absolute Gasteiger partial charge is 0.433 e. The Morgan fingerprint density at radius 2 is 1.76 bits per heavy atom. The van der Waals surface area contributed by atoms with E-state index in [2.05, 4.69) is 9.97 Å². The molecular weight excluding hydrogens is 521 g/mol. The molecule has 1 aromatic carbocycles. The monoisotopic (exact) mass is 548 g/mol. The molecule has 1 aliphatic heterocycles. The Bertz CT molecular complexity index is 1360. The summed E-state index contributed by atoms with van der Waals surface area (Å²) in [5, 5.41) is -0.0818. The van der Waals surface area contributed by atoms with Crippen molar-refractivity contribution in [3.05, 3.63) is 64.2 Å². The third-order valence-corrected chi connectivity index (χ3v) is 6.93. The number of halogens is 3. The molecule has 202 valence electrons. The maximum atomic E-state index is 13.6. The van der Waals surface area contributed by atoms with E-state index in [1.165, 1.54) is 37.1 Å². The molecule has 0 bridgehead atoms. The van der Waals surface area contributed by atoms with Crippen molar-refractivity contribution in [1.29, 1.82) is 0 Å². The summed E-state index contributed by atoms with van der Waals surface area (Å²) in [4.78, 5) is 34.6. The predicted octanol–water partition coefficient (Wildman–Crippen LogP) is 4.49. The van der Waals surface area contributed by atoms with Crippen molar-refractivity contribution >= 4 is 17.7 Å². The van der Waals surface area contributed by atoms with E-state index in [9.17, 15) is 22.8 Å². The van der Waals surface area contributed by atoms with Crippen LogP contribution >= 0.6 is 11.8 Å². The largest absolute Gasteiger partial charge is 0.493 e. The number of hydrogen-bond acceptors (Lipinski definition) is 7. The number of amides is 1. The highest BCUT2D eigenvalue weighted by atomic mass is 32.2. The highest BCUT2D eigenvalue weighted by Crippen LogP contribution is 2.32. The molecule has 0 saturated carbocycles. The van der Waals surface area contributed by atoms with Crippen LogP contribution in [-0.4, -0.2) is 58.4 Å². The summed E-state index contributed by atoms with van der Waals surface area (Å²) in [6, 6.07) is 8.78. The van der Waals surface area contributed by atoms with Crippen LogP contribution in [0.1, 0.15) is 30.5 Å². The Morgan fingerprint density at radius 1 is 1.03 bits per heavy atom. The van der Waals surface area contributed by atoms with Crippen molar-refractivity contribution in [1.82, 2.24) is 19.4 Å². The number of benzene rings is 1. The third kappa shape index (κ3) is 6.66. The topological polar surface area (TPSA) is 86.6 Å². The molecule has 0 spiro atoms. The highest BCUT2D eigenvalue weighted by molar-refractivity contribution is 7.99. The van der Waals surface area contributed by atoms with Crippen molar-refractivity contribution in [2.75, 3.05) is 33.1 Å². The molecule has 0 unspecified atom stereocenters. The fourth-order valence-corrected chi connectivity index (χ4v) is 4.90. The van der Waals surface area contributed by atoms with E-state index in [0.717, 1.165) is 36.2 Å². The number of likely N-dealkylation sites (tertiary alicyclic amines) is 1. The van der Waals surface area contributed by atoms with Crippen molar-refractivity contribution in [2.45, 2.75) is 37.1 Å². The maximum absolute atomic E-state index is 13.6. The summed E-state index contributed by atoms with van der Waals surface area (Å²) in [7, 11) is 3.01. The van der Waals surface area contributed by atoms with Gasteiger partial charge in [0, 0.05) is 43.1 Å². The van der Waals surface area contributed by atoms with Gasteiger partial charge in [0.05, 0.1) is 26.5 Å². The predicted molar refractivity (Wildman–Crippen MR) is 137 cm³/mol. The molecule has 0 radical (unpaired) electrons. The molecule has 8 nitrogen and oxygen atoms in total. The van der Waals surface area contributed by atoms with E-state index >= 15 is 0 Å². The summed E-state index contributed by atoms with van der Waals surface area (Å²) in [6.45, 7) is 1.59. The van der Waals surface area contributed by atoms with Crippen LogP contribution in [0.25, 0.3) is 11.3 Å². The van der Waals surface area contributed by atoms with Gasteiger partial charge in [0.15, 0.2) is 16.7 Å². The fraction of sp³-hybridized carbons (Fsp3) is 0.385. The van der Waals surface area contributed by atoms with Gasteiger partial charge in [-0.15, -0.1) is 0 Å². The third-order valence-electron chi connectivity index (χ3n) is 6.08. The Kier molecular flexibility index (Phi) is 8.60. The van der Waals surface area contributed by atoms with Crippen LogP contribution in [0.15, 0.2) is 52.5 Å². The molecule has 4 rings (SSSR count). The molecule has 12 heteroatoms. The SMILES string of the molecule is COc1ccc(Cn2cc(-c3cc(C(F)(F)F)nc(SCCC(=O)N4CCCC4)n3)ccc2=O)cc1OC. The van der Waals surface area contributed by atoms with Crippen LogP contribution in [0.5, 0.6) is 11.5 Å². The van der Waals surface area contributed by atoms with Gasteiger partial charge in [0.1, 0.15) is 5.69 Å². The minimum Gasteiger partial charge on any atom is -0.493 e. The molecule has 3 heterocycles. The second-order valence-electron chi connectivity index (χ2n) is 8.68. The number of nitrogens with zero attached hydrogens (tertiary/aromatic N) is 4. The Balaban J connectivity index is 1.59. The van der Waals surface area contributed by atoms with E-state index in [1.807, 2.05) is 0 Å². The van der Waals surface area contributed by atoms with Crippen molar-refractivity contribution < 1.29 is 27.4 Å². The fourth-order valence-electron chi connectivity index (χ4n) is 4.12. The Morgan fingerprint density at radius 3 is 2.45 bits per heavy atom. The summed E-state index contributed by atoms with van der Waals surface area (Å²) in [5.41, 5.74) is -0.327. The van der Waals surface area contributed by atoms with Gasteiger partial charge in [0.2, 0.25) is 5.91 Å². The van der Waals surface area contributed by atoms with Crippen LogP contribution in [0, 0.1) is 0 Å². The normalized spacial score (nSPS) is 13.6. The lowest BCUT2D eigenvalue weighted by atomic mass is 10.1. The zero-order chi connectivity index (χ0) is 27.3. The second-order valence-corrected chi connectivity index (χ2v) is 9.74. The van der Waals surface area contributed by atoms with Crippen molar-refractivity contribution in [3.8, 4) is 22.8 Å². The number of carbonyl (C=O) groups excluding carboxylic acids is 1. The molecule has 1 aliphatic rings. The molecule has 0 N–H and O–H groups in total. The van der Waals surface area contributed by atoms with Crippen LogP contribution < -0.4 is 15.0 Å². The van der Waals surface area contributed by atoms with Gasteiger partial charge in [-0.25, -0.2) is 9.97 Å². The zero-order valence-corrected chi connectivity index (χ0v) is 21.8. The number of thioether (sulfide) groups is 1. The van der Waals surface area contributed by atoms with E-state index in [4.69, 9.17) is 9.47 Å². The number of rotatable bonds is 9. The number of aromatic nitrogens is 3. The van der Waals surface area contributed by atoms with E-state index in [1.54, 1.807) is 23.1 Å². The standard InChI is InChI=1S/C26H27F3N4O4S/c1-36-20-7-5-17(13-21(20)37-2)15-33-16-18(6-8-23(33)34)19-14-22(26(27,28)29)31-25(30-19)38-12-9-24(35)32-10-3-4-11-32/h5-8,13-14,16H,3-4,9-12,15H2,1-2H3. The summed E-state index contributed by atoms with van der Waals surface area (Å²) < 4.78 is 52.9. The molecule has 0 atom stereocenters. The summed E-state index contributed by atoms with van der Waals surface area (Å²) in [5.74, 6) is 1.26. The van der Waals surface area contributed by atoms with Crippen LogP contribution in [0.3, 0.4) is 0 Å². The van der Waals surface area contributed by atoms with Crippen LogP contribution in [0.4, 0.5) is 13.2 Å². The molecule has 3 aromatic rings. The first-order chi connectivity index (χ1) is 18.2. The van der Waals surface area contributed by atoms with Gasteiger partial charge in [-0.1, -0.05) is 17.8 Å². The zero-order valence-electron chi connectivity index (χ0n) is 21.0. The summed E-state index contributed by atoms with van der Waals surface area (Å²) in [6.07, 6.45) is -1.10. The lowest BCUT2D eigenvalue weighted by Crippen LogP contribution is -2.27. The lowest BCUT2D eigenvalue weighted by molar-refractivity contribution is -0.141. The van der Waals surface area contributed by atoms with E-state index in [0.29, 0.717) is 30.2 Å². The highest BCUT2D eigenvalue weighted by Gasteiger charge is 2.34. The number of ether oxygens (including phenoxy) is 2. The molecule has 38 heavy (non-hydrogen) atoms.